The van der Waals surface area contributed by atoms with Crippen molar-refractivity contribution in [2.24, 2.45) is 5.73 Å². The lowest BCUT2D eigenvalue weighted by atomic mass is 10.3. The number of esters is 1. The fourth-order valence-electron chi connectivity index (χ4n) is 1.13. The van der Waals surface area contributed by atoms with Crippen LogP contribution in [-0.2, 0) is 15.3 Å². The molecule has 0 aliphatic carbocycles. The van der Waals surface area contributed by atoms with Crippen LogP contribution in [0.2, 0.25) is 0 Å². The van der Waals surface area contributed by atoms with Gasteiger partial charge in [-0.1, -0.05) is 11.8 Å². The molecule has 0 aromatic carbocycles. The number of hydrogen-bond acceptors (Lipinski definition) is 5. The van der Waals surface area contributed by atoms with Gasteiger partial charge in [0.1, 0.15) is 0 Å². The molecule has 2 N–H and O–H groups in total. The van der Waals surface area contributed by atoms with Crippen molar-refractivity contribution >= 4 is 29.1 Å². The van der Waals surface area contributed by atoms with Crippen LogP contribution in [0.1, 0.15) is 16.9 Å². The summed E-state index contributed by atoms with van der Waals surface area (Å²) in [6, 6.07) is 2.00. The lowest BCUT2D eigenvalue weighted by Gasteiger charge is -2.00. The first-order valence-corrected chi connectivity index (χ1v) is 7.21. The first-order valence-electron chi connectivity index (χ1n) is 5.17. The highest BCUT2D eigenvalue weighted by Gasteiger charge is 2.04. The van der Waals surface area contributed by atoms with Crippen molar-refractivity contribution < 1.29 is 9.53 Å². The average Bonchev–Trinajstić information content (AvgIpc) is 2.79. The highest BCUT2D eigenvalue weighted by Crippen LogP contribution is 2.22. The zero-order chi connectivity index (χ0) is 12.5. The molecule has 0 bridgehead atoms. The molecule has 0 amide bonds. The standard InChI is InChI=1S/C12H15NO2S2/c1-15-12(14)5-7-16-9-11-10(3-2-6-13)4-8-17-11/h4,8H,5-7,9,13H2,1H3. The summed E-state index contributed by atoms with van der Waals surface area (Å²) in [5.41, 5.74) is 6.39. The summed E-state index contributed by atoms with van der Waals surface area (Å²) in [7, 11) is 1.41. The molecule has 0 unspecified atom stereocenters. The minimum atomic E-state index is -0.160. The maximum absolute atomic E-state index is 10.9. The predicted molar refractivity (Wildman–Crippen MR) is 73.0 cm³/mol. The molecule has 0 saturated carbocycles. The van der Waals surface area contributed by atoms with Crippen LogP contribution in [0.15, 0.2) is 11.4 Å². The van der Waals surface area contributed by atoms with Crippen molar-refractivity contribution in [1.82, 2.24) is 0 Å². The summed E-state index contributed by atoms with van der Waals surface area (Å²) in [6.45, 7) is 0.380. The predicted octanol–water partition coefficient (Wildman–Crippen LogP) is 1.85. The van der Waals surface area contributed by atoms with E-state index in [1.54, 1.807) is 23.1 Å². The van der Waals surface area contributed by atoms with E-state index >= 15 is 0 Å². The number of thiophene rings is 1. The van der Waals surface area contributed by atoms with Gasteiger partial charge in [-0.15, -0.1) is 11.3 Å². The summed E-state index contributed by atoms with van der Waals surface area (Å²) in [4.78, 5) is 12.1. The Morgan fingerprint density at radius 2 is 2.47 bits per heavy atom. The van der Waals surface area contributed by atoms with Gasteiger partial charge in [0.05, 0.1) is 20.1 Å². The molecule has 17 heavy (non-hydrogen) atoms. The van der Waals surface area contributed by atoms with E-state index in [4.69, 9.17) is 5.73 Å². The molecular formula is C12H15NO2S2. The first-order chi connectivity index (χ1) is 8.27. The maximum Gasteiger partial charge on any atom is 0.306 e. The number of methoxy groups -OCH3 is 1. The minimum absolute atomic E-state index is 0.160. The quantitative estimate of drug-likeness (QED) is 0.503. The molecular weight excluding hydrogens is 254 g/mol. The molecule has 1 rings (SSSR count). The van der Waals surface area contributed by atoms with Gasteiger partial charge in [-0.3, -0.25) is 4.79 Å². The molecule has 0 fully saturated rings. The number of nitrogens with two attached hydrogens (primary N) is 1. The van der Waals surface area contributed by atoms with Gasteiger partial charge in [0, 0.05) is 21.9 Å². The highest BCUT2D eigenvalue weighted by atomic mass is 32.2. The smallest absolute Gasteiger partial charge is 0.306 e. The van der Waals surface area contributed by atoms with Gasteiger partial charge in [0.25, 0.3) is 0 Å². The Balaban J connectivity index is 2.36. The van der Waals surface area contributed by atoms with Gasteiger partial charge < -0.3 is 10.5 Å². The zero-order valence-electron chi connectivity index (χ0n) is 9.69. The minimum Gasteiger partial charge on any atom is -0.469 e. The highest BCUT2D eigenvalue weighted by molar-refractivity contribution is 7.98. The second kappa shape index (κ2) is 8.18. The normalized spacial score (nSPS) is 9.53. The zero-order valence-corrected chi connectivity index (χ0v) is 11.3. The lowest BCUT2D eigenvalue weighted by molar-refractivity contribution is -0.140. The Morgan fingerprint density at radius 1 is 1.65 bits per heavy atom. The Kier molecular flexibility index (Phi) is 6.78. The van der Waals surface area contributed by atoms with E-state index in [1.165, 1.54) is 12.0 Å². The van der Waals surface area contributed by atoms with Gasteiger partial charge >= 0.3 is 5.97 Å². The number of carbonyl (C=O) groups excluding carboxylic acids is 1. The van der Waals surface area contributed by atoms with Crippen LogP contribution >= 0.6 is 23.1 Å². The van der Waals surface area contributed by atoms with Crippen LogP contribution in [0.4, 0.5) is 0 Å². The third kappa shape index (κ3) is 5.26. The largest absolute Gasteiger partial charge is 0.469 e. The molecule has 1 aromatic heterocycles. The van der Waals surface area contributed by atoms with E-state index in [-0.39, 0.29) is 5.97 Å². The van der Waals surface area contributed by atoms with Crippen LogP contribution in [0.5, 0.6) is 0 Å². The van der Waals surface area contributed by atoms with Crippen molar-refractivity contribution in [1.29, 1.82) is 0 Å². The maximum atomic E-state index is 10.9. The summed E-state index contributed by atoms with van der Waals surface area (Å²) < 4.78 is 4.58. The monoisotopic (exact) mass is 269 g/mol. The Morgan fingerprint density at radius 3 is 3.18 bits per heavy atom. The van der Waals surface area contributed by atoms with Gasteiger partial charge in [-0.2, -0.15) is 11.8 Å². The number of ether oxygens (including phenoxy) is 1. The molecule has 0 spiro atoms. The summed E-state index contributed by atoms with van der Waals surface area (Å²) >= 11 is 3.40. The van der Waals surface area contributed by atoms with Gasteiger partial charge in [0.15, 0.2) is 0 Å². The van der Waals surface area contributed by atoms with Crippen molar-refractivity contribution in [3.63, 3.8) is 0 Å². The number of carbonyl (C=O) groups is 1. The summed E-state index contributed by atoms with van der Waals surface area (Å²) in [5, 5.41) is 2.02. The molecule has 0 aliphatic rings. The number of hydrogen-bond donors (Lipinski definition) is 1. The third-order valence-corrected chi connectivity index (χ3v) is 4.07. The number of thioether (sulfide) groups is 1. The summed E-state index contributed by atoms with van der Waals surface area (Å²) in [6.07, 6.45) is 0.455. The molecule has 0 atom stereocenters. The summed E-state index contributed by atoms with van der Waals surface area (Å²) in [5.74, 6) is 7.38. The molecule has 0 aliphatic heterocycles. The van der Waals surface area contributed by atoms with Gasteiger partial charge in [-0.25, -0.2) is 0 Å². The average molecular weight is 269 g/mol. The van der Waals surface area contributed by atoms with E-state index in [2.05, 4.69) is 16.6 Å². The molecule has 0 radical (unpaired) electrons. The second-order valence-electron chi connectivity index (χ2n) is 3.14. The fraction of sp³-hybridized carbons (Fsp3) is 0.417. The van der Waals surface area contributed by atoms with Gasteiger partial charge in [-0.05, 0) is 11.4 Å². The Bertz CT molecular complexity index is 418. The second-order valence-corrected chi connectivity index (χ2v) is 5.25. The molecule has 5 heteroatoms. The van der Waals surface area contributed by atoms with Crippen LogP contribution in [0.25, 0.3) is 0 Å². The topological polar surface area (TPSA) is 52.3 Å². The van der Waals surface area contributed by atoms with Gasteiger partial charge in [0.2, 0.25) is 0 Å². The third-order valence-electron chi connectivity index (χ3n) is 1.98. The Hall–Kier alpha value is -0.960. The molecule has 3 nitrogen and oxygen atoms in total. The van der Waals surface area contributed by atoms with E-state index in [9.17, 15) is 4.79 Å². The van der Waals surface area contributed by atoms with E-state index in [0.717, 1.165) is 17.1 Å². The van der Waals surface area contributed by atoms with E-state index < -0.39 is 0 Å². The van der Waals surface area contributed by atoms with Crippen LogP contribution in [-0.4, -0.2) is 25.4 Å². The van der Waals surface area contributed by atoms with Crippen molar-refractivity contribution in [3.8, 4) is 11.8 Å². The fourth-order valence-corrected chi connectivity index (χ4v) is 3.07. The molecule has 1 aromatic rings. The molecule has 0 saturated heterocycles. The lowest BCUT2D eigenvalue weighted by Crippen LogP contribution is -2.01. The first kappa shape index (κ1) is 14.1. The Labute approximate surface area is 110 Å². The molecule has 92 valence electrons. The SMILES string of the molecule is COC(=O)CCSCc1sccc1C#CCN. The van der Waals surface area contributed by atoms with Crippen molar-refractivity contribution in [2.75, 3.05) is 19.4 Å². The van der Waals surface area contributed by atoms with E-state index in [0.29, 0.717) is 13.0 Å². The van der Waals surface area contributed by atoms with Crippen LogP contribution in [0.3, 0.4) is 0 Å². The van der Waals surface area contributed by atoms with E-state index in [1.807, 2.05) is 11.4 Å². The molecule has 1 heterocycles. The van der Waals surface area contributed by atoms with Crippen molar-refractivity contribution in [3.05, 3.63) is 21.9 Å². The van der Waals surface area contributed by atoms with Crippen LogP contribution < -0.4 is 5.73 Å². The van der Waals surface area contributed by atoms with Crippen molar-refractivity contribution in [2.45, 2.75) is 12.2 Å². The van der Waals surface area contributed by atoms with Crippen LogP contribution in [0, 0.1) is 11.8 Å². The number of rotatable bonds is 5.